The minimum Gasteiger partial charge on any atom is -0.490 e. The highest BCUT2D eigenvalue weighted by Crippen LogP contribution is 2.43. The Morgan fingerprint density at radius 2 is 2.30 bits per heavy atom. The zero-order valence-corrected chi connectivity index (χ0v) is 12.0. The molecule has 2 fully saturated rings. The van der Waals surface area contributed by atoms with Gasteiger partial charge in [-0.25, -0.2) is 4.39 Å². The number of rotatable bonds is 4. The van der Waals surface area contributed by atoms with Gasteiger partial charge in [-0.3, -0.25) is 0 Å². The average Bonchev–Trinajstić information content (AvgIpc) is 2.41. The SMILES string of the molecule is CNCc1cc(F)ccc1OC1CCOC2(CCC2)C1. The van der Waals surface area contributed by atoms with E-state index < -0.39 is 0 Å². The highest BCUT2D eigenvalue weighted by Gasteiger charge is 2.43. The van der Waals surface area contributed by atoms with Crippen LogP contribution in [0.4, 0.5) is 4.39 Å². The van der Waals surface area contributed by atoms with E-state index in [1.54, 1.807) is 12.1 Å². The summed E-state index contributed by atoms with van der Waals surface area (Å²) in [5.74, 6) is 0.576. The Morgan fingerprint density at radius 1 is 1.45 bits per heavy atom. The monoisotopic (exact) mass is 279 g/mol. The summed E-state index contributed by atoms with van der Waals surface area (Å²) in [6, 6.07) is 4.75. The summed E-state index contributed by atoms with van der Waals surface area (Å²) >= 11 is 0. The Hall–Kier alpha value is -1.13. The molecule has 0 amide bonds. The molecule has 1 saturated carbocycles. The van der Waals surface area contributed by atoms with Crippen LogP contribution in [-0.4, -0.2) is 25.4 Å². The molecule has 1 atom stereocenters. The van der Waals surface area contributed by atoms with Crippen LogP contribution in [0, 0.1) is 5.82 Å². The molecule has 1 heterocycles. The van der Waals surface area contributed by atoms with Gasteiger partial charge in [-0.05, 0) is 44.5 Å². The molecule has 1 unspecified atom stereocenters. The van der Waals surface area contributed by atoms with Crippen molar-refractivity contribution in [3.63, 3.8) is 0 Å². The zero-order chi connectivity index (χ0) is 14.0. The van der Waals surface area contributed by atoms with E-state index in [0.29, 0.717) is 6.54 Å². The van der Waals surface area contributed by atoms with Crippen LogP contribution >= 0.6 is 0 Å². The third-order valence-corrected chi connectivity index (χ3v) is 4.40. The first-order valence-electron chi connectivity index (χ1n) is 7.44. The molecule has 110 valence electrons. The second kappa shape index (κ2) is 5.70. The lowest BCUT2D eigenvalue weighted by Crippen LogP contribution is -2.48. The van der Waals surface area contributed by atoms with Gasteiger partial charge < -0.3 is 14.8 Å². The van der Waals surface area contributed by atoms with Crippen molar-refractivity contribution in [1.82, 2.24) is 5.32 Å². The maximum absolute atomic E-state index is 13.3. The van der Waals surface area contributed by atoms with E-state index in [-0.39, 0.29) is 17.5 Å². The molecule has 1 spiro atoms. The Morgan fingerprint density at radius 3 is 3.00 bits per heavy atom. The van der Waals surface area contributed by atoms with Gasteiger partial charge in [-0.2, -0.15) is 0 Å². The van der Waals surface area contributed by atoms with E-state index >= 15 is 0 Å². The normalized spacial score (nSPS) is 24.4. The molecule has 1 aliphatic heterocycles. The van der Waals surface area contributed by atoms with Gasteiger partial charge in [0.1, 0.15) is 17.7 Å². The molecule has 0 bridgehead atoms. The summed E-state index contributed by atoms with van der Waals surface area (Å²) in [6.07, 6.45) is 5.62. The van der Waals surface area contributed by atoms with Gasteiger partial charge in [0.15, 0.2) is 0 Å². The van der Waals surface area contributed by atoms with Crippen molar-refractivity contribution in [2.24, 2.45) is 0 Å². The van der Waals surface area contributed by atoms with Gasteiger partial charge in [0.25, 0.3) is 0 Å². The van der Waals surface area contributed by atoms with Crippen LogP contribution in [-0.2, 0) is 11.3 Å². The summed E-state index contributed by atoms with van der Waals surface area (Å²) in [7, 11) is 1.85. The number of hydrogen-bond acceptors (Lipinski definition) is 3. The zero-order valence-electron chi connectivity index (χ0n) is 12.0. The topological polar surface area (TPSA) is 30.5 Å². The highest BCUT2D eigenvalue weighted by atomic mass is 19.1. The number of halogens is 1. The number of benzene rings is 1. The molecule has 4 heteroatoms. The first-order chi connectivity index (χ1) is 9.71. The van der Waals surface area contributed by atoms with Gasteiger partial charge in [-0.15, -0.1) is 0 Å². The second-order valence-corrected chi connectivity index (χ2v) is 5.90. The van der Waals surface area contributed by atoms with Crippen molar-refractivity contribution >= 4 is 0 Å². The molecule has 1 aromatic carbocycles. The van der Waals surface area contributed by atoms with Crippen molar-refractivity contribution in [3.05, 3.63) is 29.6 Å². The van der Waals surface area contributed by atoms with Crippen molar-refractivity contribution in [2.75, 3.05) is 13.7 Å². The average molecular weight is 279 g/mol. The van der Waals surface area contributed by atoms with Gasteiger partial charge in [0, 0.05) is 24.9 Å². The molecule has 1 aliphatic carbocycles. The predicted octanol–water partition coefficient (Wildman–Crippen LogP) is 3.03. The third-order valence-electron chi connectivity index (χ3n) is 4.40. The smallest absolute Gasteiger partial charge is 0.124 e. The molecule has 1 saturated heterocycles. The van der Waals surface area contributed by atoms with Crippen molar-refractivity contribution in [3.8, 4) is 5.75 Å². The molecule has 1 N–H and O–H groups in total. The lowest BCUT2D eigenvalue weighted by Gasteiger charge is -2.47. The Kier molecular flexibility index (Phi) is 3.94. The van der Waals surface area contributed by atoms with E-state index in [1.807, 2.05) is 7.05 Å². The summed E-state index contributed by atoms with van der Waals surface area (Å²) < 4.78 is 25.4. The van der Waals surface area contributed by atoms with Crippen LogP contribution in [0.25, 0.3) is 0 Å². The van der Waals surface area contributed by atoms with Crippen molar-refractivity contribution in [1.29, 1.82) is 0 Å². The van der Waals surface area contributed by atoms with Crippen LogP contribution in [0.3, 0.4) is 0 Å². The van der Waals surface area contributed by atoms with Gasteiger partial charge >= 0.3 is 0 Å². The Balaban J connectivity index is 1.70. The van der Waals surface area contributed by atoms with Gasteiger partial charge in [-0.1, -0.05) is 0 Å². The quantitative estimate of drug-likeness (QED) is 0.919. The van der Waals surface area contributed by atoms with E-state index in [4.69, 9.17) is 9.47 Å². The van der Waals surface area contributed by atoms with Crippen LogP contribution in [0.5, 0.6) is 5.75 Å². The maximum Gasteiger partial charge on any atom is 0.124 e. The molecule has 1 aromatic rings. The Labute approximate surface area is 119 Å². The molecule has 3 nitrogen and oxygen atoms in total. The summed E-state index contributed by atoms with van der Waals surface area (Å²) in [6.45, 7) is 1.38. The Bertz CT molecular complexity index is 474. The number of ether oxygens (including phenoxy) is 2. The summed E-state index contributed by atoms with van der Waals surface area (Å²) in [5.41, 5.74) is 0.952. The second-order valence-electron chi connectivity index (χ2n) is 5.90. The van der Waals surface area contributed by atoms with E-state index in [2.05, 4.69) is 5.32 Å². The van der Waals surface area contributed by atoms with Crippen LogP contribution in [0.1, 0.15) is 37.7 Å². The molecular formula is C16H22FNO2. The molecule has 3 rings (SSSR count). The van der Waals surface area contributed by atoms with Gasteiger partial charge in [0.2, 0.25) is 0 Å². The molecule has 2 aliphatic rings. The number of hydrogen-bond donors (Lipinski definition) is 1. The minimum atomic E-state index is -0.218. The fraction of sp³-hybridized carbons (Fsp3) is 0.625. The van der Waals surface area contributed by atoms with Crippen LogP contribution in [0.15, 0.2) is 18.2 Å². The standard InChI is InChI=1S/C16H22FNO2/c1-18-11-12-9-13(17)3-4-15(12)20-14-5-8-19-16(10-14)6-2-7-16/h3-4,9,14,18H,2,5-8,10-11H2,1H3. The van der Waals surface area contributed by atoms with Crippen LogP contribution < -0.4 is 10.1 Å². The lowest BCUT2D eigenvalue weighted by molar-refractivity contribution is -0.153. The van der Waals surface area contributed by atoms with E-state index in [0.717, 1.165) is 43.6 Å². The largest absolute Gasteiger partial charge is 0.490 e. The maximum atomic E-state index is 13.3. The molecule has 0 radical (unpaired) electrons. The van der Waals surface area contributed by atoms with Crippen molar-refractivity contribution in [2.45, 2.75) is 50.4 Å². The third kappa shape index (κ3) is 2.81. The molecule has 0 aromatic heterocycles. The van der Waals surface area contributed by atoms with E-state index in [1.165, 1.54) is 12.5 Å². The fourth-order valence-corrected chi connectivity index (χ4v) is 3.17. The van der Waals surface area contributed by atoms with Crippen LogP contribution in [0.2, 0.25) is 0 Å². The lowest BCUT2D eigenvalue weighted by atomic mass is 9.74. The molecular weight excluding hydrogens is 257 g/mol. The first-order valence-corrected chi connectivity index (χ1v) is 7.44. The summed E-state index contributed by atoms with van der Waals surface area (Å²) in [4.78, 5) is 0. The minimum absolute atomic E-state index is 0.0755. The van der Waals surface area contributed by atoms with Gasteiger partial charge in [0.05, 0.1) is 12.2 Å². The molecule has 20 heavy (non-hydrogen) atoms. The first kappa shape index (κ1) is 13.8. The fourth-order valence-electron chi connectivity index (χ4n) is 3.17. The van der Waals surface area contributed by atoms with Crippen molar-refractivity contribution < 1.29 is 13.9 Å². The predicted molar refractivity (Wildman–Crippen MR) is 75.3 cm³/mol. The number of nitrogens with one attached hydrogen (secondary N) is 1. The highest BCUT2D eigenvalue weighted by molar-refractivity contribution is 5.34. The summed E-state index contributed by atoms with van der Waals surface area (Å²) in [5, 5.41) is 3.06. The van der Waals surface area contributed by atoms with E-state index in [9.17, 15) is 4.39 Å².